The van der Waals surface area contributed by atoms with E-state index in [1.807, 2.05) is 13.8 Å². The van der Waals surface area contributed by atoms with Gasteiger partial charge in [-0.3, -0.25) is 5.10 Å². The van der Waals surface area contributed by atoms with Crippen molar-refractivity contribution in [3.8, 4) is 0 Å². The molecule has 1 aromatic heterocycles. The second-order valence-corrected chi connectivity index (χ2v) is 3.33. The summed E-state index contributed by atoms with van der Waals surface area (Å²) in [6.45, 7) is 4.45. The summed E-state index contributed by atoms with van der Waals surface area (Å²) >= 11 is 0. The van der Waals surface area contributed by atoms with Crippen molar-refractivity contribution >= 4 is 0 Å². The fourth-order valence-electron chi connectivity index (χ4n) is 0.990. The monoisotopic (exact) mass is 184 g/mol. The molecule has 0 aliphatic heterocycles. The predicted octanol–water partition coefficient (Wildman–Crippen LogP) is 0.310. The van der Waals surface area contributed by atoms with Crippen LogP contribution in [0, 0.1) is 0 Å². The van der Waals surface area contributed by atoms with Crippen LogP contribution in [-0.2, 0) is 0 Å². The lowest BCUT2D eigenvalue weighted by Crippen LogP contribution is -2.08. The van der Waals surface area contributed by atoms with Crippen molar-refractivity contribution in [2.24, 2.45) is 5.73 Å². The number of aliphatic hydroxyl groups is 1. The zero-order valence-electron chi connectivity index (χ0n) is 7.99. The fraction of sp³-hybridized carbons (Fsp3) is 0.750. The van der Waals surface area contributed by atoms with E-state index in [-0.39, 0.29) is 5.92 Å². The Hall–Kier alpha value is -0.940. The number of aromatic nitrogens is 3. The molecule has 0 saturated heterocycles. The molecule has 5 heteroatoms. The van der Waals surface area contributed by atoms with E-state index < -0.39 is 6.10 Å². The number of rotatable bonds is 4. The first kappa shape index (κ1) is 10.1. The number of hydrogen-bond donors (Lipinski definition) is 3. The van der Waals surface area contributed by atoms with Gasteiger partial charge in [-0.1, -0.05) is 13.8 Å². The van der Waals surface area contributed by atoms with Crippen LogP contribution in [0.2, 0.25) is 0 Å². The highest BCUT2D eigenvalue weighted by atomic mass is 16.3. The van der Waals surface area contributed by atoms with Gasteiger partial charge in [-0.05, 0) is 13.0 Å². The van der Waals surface area contributed by atoms with Crippen LogP contribution in [0.4, 0.5) is 0 Å². The van der Waals surface area contributed by atoms with E-state index in [2.05, 4.69) is 15.2 Å². The van der Waals surface area contributed by atoms with Gasteiger partial charge in [-0.25, -0.2) is 4.98 Å². The lowest BCUT2D eigenvalue weighted by molar-refractivity contribution is 0.160. The Labute approximate surface area is 77.4 Å². The number of aromatic amines is 1. The number of H-pyrrole nitrogens is 1. The lowest BCUT2D eigenvalue weighted by atomic mass is 10.2. The number of nitrogens with two attached hydrogens (primary N) is 1. The molecule has 0 saturated carbocycles. The van der Waals surface area contributed by atoms with E-state index in [4.69, 9.17) is 5.73 Å². The maximum atomic E-state index is 9.50. The van der Waals surface area contributed by atoms with Crippen molar-refractivity contribution < 1.29 is 5.11 Å². The van der Waals surface area contributed by atoms with Crippen LogP contribution in [0.25, 0.3) is 0 Å². The van der Waals surface area contributed by atoms with Crippen LogP contribution in [-0.4, -0.2) is 26.8 Å². The van der Waals surface area contributed by atoms with E-state index in [0.29, 0.717) is 18.8 Å². The van der Waals surface area contributed by atoms with Crippen LogP contribution < -0.4 is 5.73 Å². The standard InChI is InChI=1S/C8H16N4O/c1-5(2)7-10-8(12-11-7)6(13)3-4-9/h5-6,13H,3-4,9H2,1-2H3,(H,10,11,12). The largest absolute Gasteiger partial charge is 0.385 e. The molecule has 0 aliphatic rings. The van der Waals surface area contributed by atoms with Gasteiger partial charge in [-0.2, -0.15) is 5.10 Å². The van der Waals surface area contributed by atoms with E-state index in [0.717, 1.165) is 5.82 Å². The van der Waals surface area contributed by atoms with Crippen molar-refractivity contribution in [1.82, 2.24) is 15.2 Å². The number of nitrogens with zero attached hydrogens (tertiary/aromatic N) is 2. The highest BCUT2D eigenvalue weighted by molar-refractivity contribution is 4.97. The molecule has 1 atom stereocenters. The molecule has 4 N–H and O–H groups in total. The van der Waals surface area contributed by atoms with E-state index in [1.165, 1.54) is 0 Å². The molecular formula is C8H16N4O. The Kier molecular flexibility index (Phi) is 3.39. The van der Waals surface area contributed by atoms with E-state index in [1.54, 1.807) is 0 Å². The van der Waals surface area contributed by atoms with Crippen LogP contribution in [0.1, 0.15) is 43.9 Å². The van der Waals surface area contributed by atoms with Gasteiger partial charge in [0.15, 0.2) is 11.6 Å². The Bertz CT molecular complexity index is 258. The van der Waals surface area contributed by atoms with Crippen molar-refractivity contribution in [3.63, 3.8) is 0 Å². The second-order valence-electron chi connectivity index (χ2n) is 3.33. The summed E-state index contributed by atoms with van der Waals surface area (Å²) in [5, 5.41) is 16.2. The third-order valence-electron chi connectivity index (χ3n) is 1.79. The normalized spacial score (nSPS) is 13.6. The summed E-state index contributed by atoms with van der Waals surface area (Å²) in [5.41, 5.74) is 5.31. The molecule has 0 spiro atoms. The average molecular weight is 184 g/mol. The van der Waals surface area contributed by atoms with Crippen molar-refractivity contribution in [3.05, 3.63) is 11.6 Å². The van der Waals surface area contributed by atoms with Gasteiger partial charge in [0, 0.05) is 5.92 Å². The number of aliphatic hydroxyl groups excluding tert-OH is 1. The minimum absolute atomic E-state index is 0.273. The van der Waals surface area contributed by atoms with E-state index in [9.17, 15) is 5.11 Å². The summed E-state index contributed by atoms with van der Waals surface area (Å²) in [5.74, 6) is 1.51. The Balaban J connectivity index is 2.67. The Morgan fingerprint density at radius 1 is 1.54 bits per heavy atom. The molecule has 0 aliphatic carbocycles. The van der Waals surface area contributed by atoms with Crippen LogP contribution in [0.15, 0.2) is 0 Å². The van der Waals surface area contributed by atoms with Crippen LogP contribution in [0.5, 0.6) is 0 Å². The second kappa shape index (κ2) is 4.34. The lowest BCUT2D eigenvalue weighted by Gasteiger charge is -2.03. The quantitative estimate of drug-likeness (QED) is 0.628. The number of hydrogen-bond acceptors (Lipinski definition) is 4. The molecule has 0 fully saturated rings. The topological polar surface area (TPSA) is 87.8 Å². The molecule has 0 radical (unpaired) electrons. The summed E-state index contributed by atoms with van der Waals surface area (Å²) in [6, 6.07) is 0. The first-order chi connectivity index (χ1) is 6.15. The molecule has 5 nitrogen and oxygen atoms in total. The first-order valence-corrected chi connectivity index (χ1v) is 4.45. The zero-order valence-corrected chi connectivity index (χ0v) is 7.99. The maximum absolute atomic E-state index is 9.50. The third-order valence-corrected chi connectivity index (χ3v) is 1.79. The average Bonchev–Trinajstić information content (AvgIpc) is 2.52. The Morgan fingerprint density at radius 3 is 2.69 bits per heavy atom. The molecule has 0 bridgehead atoms. The smallest absolute Gasteiger partial charge is 0.153 e. The summed E-state index contributed by atoms with van der Waals surface area (Å²) in [4.78, 5) is 4.16. The molecule has 0 aromatic carbocycles. The highest BCUT2D eigenvalue weighted by Crippen LogP contribution is 2.14. The minimum Gasteiger partial charge on any atom is -0.385 e. The molecule has 1 aromatic rings. The predicted molar refractivity (Wildman–Crippen MR) is 49.1 cm³/mol. The molecule has 1 rings (SSSR count). The molecule has 13 heavy (non-hydrogen) atoms. The number of nitrogens with one attached hydrogen (secondary N) is 1. The van der Waals surface area contributed by atoms with Gasteiger partial charge >= 0.3 is 0 Å². The summed E-state index contributed by atoms with van der Waals surface area (Å²) in [6.07, 6.45) is -0.114. The van der Waals surface area contributed by atoms with Gasteiger partial charge in [0.25, 0.3) is 0 Å². The van der Waals surface area contributed by atoms with E-state index >= 15 is 0 Å². The van der Waals surface area contributed by atoms with Gasteiger partial charge in [0.1, 0.15) is 6.10 Å². The van der Waals surface area contributed by atoms with Gasteiger partial charge < -0.3 is 10.8 Å². The zero-order chi connectivity index (χ0) is 9.84. The molecule has 1 heterocycles. The molecular weight excluding hydrogens is 168 g/mol. The highest BCUT2D eigenvalue weighted by Gasteiger charge is 2.13. The van der Waals surface area contributed by atoms with Gasteiger partial charge in [0.05, 0.1) is 0 Å². The fourth-order valence-corrected chi connectivity index (χ4v) is 0.990. The SMILES string of the molecule is CC(C)c1n[nH]c(C(O)CCN)n1. The first-order valence-electron chi connectivity index (χ1n) is 4.45. The Morgan fingerprint density at radius 2 is 2.23 bits per heavy atom. The molecule has 1 unspecified atom stereocenters. The van der Waals surface area contributed by atoms with Gasteiger partial charge in [-0.15, -0.1) is 0 Å². The van der Waals surface area contributed by atoms with Crippen LogP contribution >= 0.6 is 0 Å². The van der Waals surface area contributed by atoms with Crippen molar-refractivity contribution in [2.75, 3.05) is 6.54 Å². The third kappa shape index (κ3) is 2.50. The molecule has 0 amide bonds. The minimum atomic E-state index is -0.620. The van der Waals surface area contributed by atoms with Gasteiger partial charge in [0.2, 0.25) is 0 Å². The maximum Gasteiger partial charge on any atom is 0.153 e. The summed E-state index contributed by atoms with van der Waals surface area (Å²) in [7, 11) is 0. The summed E-state index contributed by atoms with van der Waals surface area (Å²) < 4.78 is 0. The van der Waals surface area contributed by atoms with Crippen molar-refractivity contribution in [2.45, 2.75) is 32.3 Å². The van der Waals surface area contributed by atoms with Crippen molar-refractivity contribution in [1.29, 1.82) is 0 Å². The molecule has 74 valence electrons. The van der Waals surface area contributed by atoms with Crippen LogP contribution in [0.3, 0.4) is 0 Å².